The molecule has 0 aromatic heterocycles. The van der Waals surface area contributed by atoms with Crippen molar-refractivity contribution in [3.8, 4) is 11.5 Å². The standard InChI is InChI=1S/C28H30Cl2N4O6S/c1-39-23-7-5-22(6-8-23)34(40-26-11-4-21(29)16-25(26)30)41(37,38)24-9-2-20(3-10-24)28(36)33-18-27(35)32-17-19-12-14-31-15-13-19/h2-11,16,19,31H,12-15,17-18H2,1H3,(H,32,35)(H,33,36). The fourth-order valence-corrected chi connectivity index (χ4v) is 5.82. The molecule has 41 heavy (non-hydrogen) atoms. The summed E-state index contributed by atoms with van der Waals surface area (Å²) in [7, 11) is -2.81. The average Bonchev–Trinajstić information content (AvgIpc) is 2.99. The van der Waals surface area contributed by atoms with Gasteiger partial charge in [-0.1, -0.05) is 27.7 Å². The van der Waals surface area contributed by atoms with Gasteiger partial charge in [-0.15, -0.1) is 0 Å². The highest BCUT2D eigenvalue weighted by Gasteiger charge is 2.29. The first-order chi connectivity index (χ1) is 19.7. The lowest BCUT2D eigenvalue weighted by Gasteiger charge is -2.24. The van der Waals surface area contributed by atoms with Crippen LogP contribution in [0.4, 0.5) is 5.69 Å². The number of benzene rings is 3. The van der Waals surface area contributed by atoms with Crippen LogP contribution >= 0.6 is 23.2 Å². The van der Waals surface area contributed by atoms with E-state index < -0.39 is 15.9 Å². The molecule has 1 heterocycles. The smallest absolute Gasteiger partial charge is 0.295 e. The van der Waals surface area contributed by atoms with Crippen LogP contribution < -0.4 is 30.0 Å². The second-order valence-electron chi connectivity index (χ2n) is 9.30. The predicted octanol–water partition coefficient (Wildman–Crippen LogP) is 4.04. The summed E-state index contributed by atoms with van der Waals surface area (Å²) in [4.78, 5) is 30.4. The van der Waals surface area contributed by atoms with E-state index >= 15 is 0 Å². The Morgan fingerprint density at radius 2 is 1.66 bits per heavy atom. The number of sulfonamides is 1. The van der Waals surface area contributed by atoms with Crippen LogP contribution in [0.2, 0.25) is 10.0 Å². The molecule has 0 radical (unpaired) electrons. The molecule has 0 aliphatic carbocycles. The summed E-state index contributed by atoms with van der Waals surface area (Å²) < 4.78 is 33.3. The average molecular weight is 622 g/mol. The third kappa shape index (κ3) is 8.04. The summed E-state index contributed by atoms with van der Waals surface area (Å²) in [5, 5.41) is 9.15. The van der Waals surface area contributed by atoms with Crippen molar-refractivity contribution in [2.75, 3.05) is 37.8 Å². The second-order valence-corrected chi connectivity index (χ2v) is 11.9. The van der Waals surface area contributed by atoms with Gasteiger partial charge in [-0.3, -0.25) is 9.59 Å². The Hall–Kier alpha value is -3.51. The maximum atomic E-state index is 13.7. The highest BCUT2D eigenvalue weighted by Crippen LogP contribution is 2.33. The molecule has 1 aliphatic rings. The molecule has 2 amide bonds. The molecule has 0 saturated carbocycles. The van der Waals surface area contributed by atoms with Gasteiger partial charge in [0.2, 0.25) is 5.91 Å². The van der Waals surface area contributed by atoms with Crippen LogP contribution in [0.15, 0.2) is 71.6 Å². The zero-order valence-corrected chi connectivity index (χ0v) is 24.6. The first-order valence-electron chi connectivity index (χ1n) is 12.9. The van der Waals surface area contributed by atoms with Crippen LogP contribution in [0.1, 0.15) is 23.2 Å². The minimum absolute atomic E-state index is 0.0601. The monoisotopic (exact) mass is 620 g/mol. The Bertz CT molecular complexity index is 1460. The van der Waals surface area contributed by atoms with Crippen LogP contribution in [0.25, 0.3) is 0 Å². The van der Waals surface area contributed by atoms with E-state index in [9.17, 15) is 18.0 Å². The maximum absolute atomic E-state index is 13.7. The van der Waals surface area contributed by atoms with Gasteiger partial charge in [0.15, 0.2) is 5.75 Å². The topological polar surface area (TPSA) is 126 Å². The Balaban J connectivity index is 1.46. The van der Waals surface area contributed by atoms with Crippen molar-refractivity contribution < 1.29 is 27.6 Å². The number of rotatable bonds is 11. The van der Waals surface area contributed by atoms with Crippen LogP contribution in [-0.4, -0.2) is 53.5 Å². The Kier molecular flexibility index (Phi) is 10.3. The van der Waals surface area contributed by atoms with Crippen molar-refractivity contribution in [2.45, 2.75) is 17.7 Å². The largest absolute Gasteiger partial charge is 0.497 e. The number of anilines is 1. The summed E-state index contributed by atoms with van der Waals surface area (Å²) in [6.07, 6.45) is 1.99. The van der Waals surface area contributed by atoms with Crippen LogP contribution in [0.5, 0.6) is 11.5 Å². The Labute approximate surface area is 248 Å². The number of piperidine rings is 1. The maximum Gasteiger partial charge on any atom is 0.295 e. The van der Waals surface area contributed by atoms with Gasteiger partial charge in [0.05, 0.1) is 29.3 Å². The lowest BCUT2D eigenvalue weighted by molar-refractivity contribution is -0.120. The van der Waals surface area contributed by atoms with Gasteiger partial charge in [0.1, 0.15) is 5.75 Å². The lowest BCUT2D eigenvalue weighted by atomic mass is 9.98. The number of amides is 2. The van der Waals surface area contributed by atoms with Gasteiger partial charge in [0.25, 0.3) is 15.9 Å². The van der Waals surface area contributed by atoms with Gasteiger partial charge in [0, 0.05) is 17.1 Å². The molecule has 4 rings (SSSR count). The number of nitrogens with one attached hydrogen (secondary N) is 3. The van der Waals surface area contributed by atoms with E-state index in [0.717, 1.165) is 30.4 Å². The van der Waals surface area contributed by atoms with Crippen molar-refractivity contribution in [1.29, 1.82) is 0 Å². The zero-order chi connectivity index (χ0) is 29.4. The minimum atomic E-state index is -4.31. The van der Waals surface area contributed by atoms with Crippen LogP contribution in [-0.2, 0) is 14.8 Å². The van der Waals surface area contributed by atoms with E-state index in [2.05, 4.69) is 16.0 Å². The van der Waals surface area contributed by atoms with Crippen LogP contribution in [0.3, 0.4) is 0 Å². The van der Waals surface area contributed by atoms with E-state index in [1.54, 1.807) is 12.1 Å². The summed E-state index contributed by atoms with van der Waals surface area (Å²) in [6.45, 7) is 2.24. The molecule has 0 bridgehead atoms. The summed E-state index contributed by atoms with van der Waals surface area (Å²) in [5.74, 6) is 0.199. The van der Waals surface area contributed by atoms with E-state index in [4.69, 9.17) is 32.8 Å². The number of hydrogen-bond acceptors (Lipinski definition) is 7. The van der Waals surface area contributed by atoms with E-state index in [1.807, 2.05) is 0 Å². The fraction of sp³-hybridized carbons (Fsp3) is 0.286. The lowest BCUT2D eigenvalue weighted by Crippen LogP contribution is -2.40. The molecule has 0 spiro atoms. The van der Waals surface area contributed by atoms with E-state index in [-0.39, 0.29) is 39.4 Å². The number of halogens is 2. The molecule has 1 saturated heterocycles. The minimum Gasteiger partial charge on any atom is -0.497 e. The van der Waals surface area contributed by atoms with Crippen LogP contribution in [0, 0.1) is 5.92 Å². The van der Waals surface area contributed by atoms with Crippen molar-refractivity contribution in [3.05, 3.63) is 82.3 Å². The third-order valence-corrected chi connectivity index (χ3v) is 8.57. The van der Waals surface area contributed by atoms with Crippen molar-refractivity contribution in [2.24, 2.45) is 5.92 Å². The SMILES string of the molecule is COc1ccc(N(Oc2ccc(Cl)cc2Cl)S(=O)(=O)c2ccc(C(=O)NCC(=O)NCC3CCNCC3)cc2)cc1. The van der Waals surface area contributed by atoms with E-state index in [1.165, 1.54) is 61.7 Å². The number of methoxy groups -OCH3 is 1. The molecule has 218 valence electrons. The molecule has 1 fully saturated rings. The molecule has 3 aromatic carbocycles. The second kappa shape index (κ2) is 13.9. The van der Waals surface area contributed by atoms with Crippen molar-refractivity contribution >= 4 is 50.7 Å². The molecule has 3 aromatic rings. The van der Waals surface area contributed by atoms with Gasteiger partial charge in [-0.05, 0) is 98.6 Å². The van der Waals surface area contributed by atoms with Crippen molar-refractivity contribution in [1.82, 2.24) is 16.0 Å². The highest BCUT2D eigenvalue weighted by atomic mass is 35.5. The third-order valence-electron chi connectivity index (χ3n) is 6.45. The number of carbonyl (C=O) groups excluding carboxylic acids is 2. The number of carbonyl (C=O) groups is 2. The summed E-state index contributed by atoms with van der Waals surface area (Å²) in [6, 6.07) is 15.9. The van der Waals surface area contributed by atoms with Gasteiger partial charge in [-0.25, -0.2) is 0 Å². The number of hydrogen-bond donors (Lipinski definition) is 3. The normalized spacial score (nSPS) is 13.7. The Morgan fingerprint density at radius 1 is 0.976 bits per heavy atom. The summed E-state index contributed by atoms with van der Waals surface area (Å²) >= 11 is 12.2. The Morgan fingerprint density at radius 3 is 2.29 bits per heavy atom. The molecule has 0 atom stereocenters. The number of ether oxygens (including phenoxy) is 1. The predicted molar refractivity (Wildman–Crippen MR) is 157 cm³/mol. The first-order valence-corrected chi connectivity index (χ1v) is 15.0. The fourth-order valence-electron chi connectivity index (χ4n) is 4.13. The van der Waals surface area contributed by atoms with Gasteiger partial charge in [-0.2, -0.15) is 8.42 Å². The zero-order valence-electron chi connectivity index (χ0n) is 22.2. The highest BCUT2D eigenvalue weighted by molar-refractivity contribution is 7.92. The molecular weight excluding hydrogens is 591 g/mol. The molecular formula is C28H30Cl2N4O6S. The molecule has 3 N–H and O–H groups in total. The molecule has 1 aliphatic heterocycles. The molecule has 10 nitrogen and oxygen atoms in total. The molecule has 13 heteroatoms. The van der Waals surface area contributed by atoms with Gasteiger partial charge < -0.3 is 25.5 Å². The quantitative estimate of drug-likeness (QED) is 0.276. The number of nitrogens with zero attached hydrogens (tertiary/aromatic N) is 1. The van der Waals surface area contributed by atoms with Crippen molar-refractivity contribution in [3.63, 3.8) is 0 Å². The van der Waals surface area contributed by atoms with E-state index in [0.29, 0.717) is 23.2 Å². The van der Waals surface area contributed by atoms with Gasteiger partial charge >= 0.3 is 0 Å². The molecule has 0 unspecified atom stereocenters. The first kappa shape index (κ1) is 30.4. The summed E-state index contributed by atoms with van der Waals surface area (Å²) in [5.41, 5.74) is 0.363.